The number of piperidine rings is 4. The Morgan fingerprint density at radius 2 is 0.573 bits per heavy atom. The first-order chi connectivity index (χ1) is 63.1. The first-order valence-corrected chi connectivity index (χ1v) is 46.9. The summed E-state index contributed by atoms with van der Waals surface area (Å²) >= 11 is 14.7. The molecule has 0 unspecified atom stereocenters. The van der Waals surface area contributed by atoms with Gasteiger partial charge in [-0.15, -0.1) is 23.2 Å². The summed E-state index contributed by atoms with van der Waals surface area (Å²) < 4.78 is 10.9. The van der Waals surface area contributed by atoms with Crippen molar-refractivity contribution in [1.82, 2.24) is 36.0 Å². The quantitative estimate of drug-likeness (QED) is 0.0230. The van der Waals surface area contributed by atoms with Crippen molar-refractivity contribution in [3.05, 3.63) is 359 Å². The van der Waals surface area contributed by atoms with Gasteiger partial charge in [0.05, 0.1) is 27.0 Å². The molecule has 4 fully saturated rings. The van der Waals surface area contributed by atoms with Crippen LogP contribution >= 0.6 is 34.8 Å². The van der Waals surface area contributed by atoms with Crippen molar-refractivity contribution in [2.45, 2.75) is 182 Å². The van der Waals surface area contributed by atoms with Crippen molar-refractivity contribution in [3.63, 3.8) is 0 Å². The lowest BCUT2D eigenvalue weighted by Crippen LogP contribution is -2.51. The van der Waals surface area contributed by atoms with Gasteiger partial charge in [0.15, 0.2) is 0 Å². The molecule has 0 aliphatic carbocycles. The van der Waals surface area contributed by atoms with Gasteiger partial charge in [-0.1, -0.05) is 303 Å². The van der Waals surface area contributed by atoms with Gasteiger partial charge in [-0.05, 0) is 212 Å². The fourth-order valence-electron chi connectivity index (χ4n) is 16.3. The van der Waals surface area contributed by atoms with E-state index in [4.69, 9.17) is 50.0 Å². The number of carbonyl (C=O) groups is 8. The predicted octanol–water partition coefficient (Wildman–Crippen LogP) is 20.5. The van der Waals surface area contributed by atoms with Gasteiger partial charge in [-0.2, -0.15) is 0 Å². The Labute approximate surface area is 791 Å². The molecule has 14 rings (SSSR count). The summed E-state index contributed by atoms with van der Waals surface area (Å²) in [6.45, 7) is 18.3. The predicted molar refractivity (Wildman–Crippen MR) is 526 cm³/mol. The molecule has 19 nitrogen and oxygen atoms in total. The molecule has 0 atom stereocenters. The van der Waals surface area contributed by atoms with E-state index in [2.05, 4.69) is 69.8 Å². The second-order valence-corrected chi connectivity index (χ2v) is 37.0. The molecule has 7 N–H and O–H groups in total. The highest BCUT2D eigenvalue weighted by Gasteiger charge is 2.46. The number of aliphatic carboxylic acids is 1. The van der Waals surface area contributed by atoms with Gasteiger partial charge in [0, 0.05) is 78.3 Å². The van der Waals surface area contributed by atoms with Gasteiger partial charge in [0.25, 0.3) is 0 Å². The molecular formula is C109H133Cl3N8O11. The lowest BCUT2D eigenvalue weighted by molar-refractivity contribution is -0.152. The zero-order chi connectivity index (χ0) is 94.2. The lowest BCUT2D eigenvalue weighted by Gasteiger charge is -2.41. The molecule has 131 heavy (non-hydrogen) atoms. The maximum absolute atomic E-state index is 13.5. The van der Waals surface area contributed by atoms with Gasteiger partial charge >= 0.3 is 18.2 Å². The van der Waals surface area contributed by atoms with Crippen LogP contribution in [0, 0.1) is 21.7 Å². The fraction of sp³-hybridized carbons (Fsp3) is 0.376. The number of amides is 6. The van der Waals surface area contributed by atoms with E-state index in [-0.39, 0.29) is 51.8 Å². The largest absolute Gasteiger partial charge is 0.481 e. The molecule has 0 aromatic heterocycles. The molecule has 4 heterocycles. The van der Waals surface area contributed by atoms with E-state index >= 15 is 0 Å². The topological polar surface area (TPSA) is 259 Å². The number of aryl methyl sites for hydroxylation is 2. The number of carboxylic acids is 1. The highest BCUT2D eigenvalue weighted by molar-refractivity contribution is 6.63. The fourth-order valence-corrected chi connectivity index (χ4v) is 16.4. The number of benzene rings is 10. The number of nitrogens with one attached hydrogen (secondary N) is 4. The maximum Gasteiger partial charge on any atom is 0.410 e. The third-order valence-electron chi connectivity index (χ3n) is 23.7. The van der Waals surface area contributed by atoms with Crippen LogP contribution in [0.1, 0.15) is 161 Å². The Morgan fingerprint density at radius 1 is 0.344 bits per heavy atom. The van der Waals surface area contributed by atoms with E-state index < -0.39 is 33.4 Å². The SMILES string of the molecule is CC(C)(C)OC(=O)N1CCC(Cc2ccccc2)(C(=O)NCc2ccccc2)CC1.CC(C)(C)OC(=O)N1CCC(Cc2ccccc2)(C(=O)O)CC1.ClCCl.NCc1ccccc1.O=C(CCc1ccccc1)N1CCC(Cc2ccccc2)(C(=O)NCc2ccccc2)CC1.O=C(Cl)CCc1ccccc1.O=C(NCc1ccccc1)C1(Cc2ccccc2)CCNCC1. The molecule has 22 heteroatoms. The summed E-state index contributed by atoms with van der Waals surface area (Å²) in [6.07, 6.45) is 9.67. The second-order valence-electron chi connectivity index (χ2n) is 35.8. The summed E-state index contributed by atoms with van der Waals surface area (Å²) in [5.41, 5.74) is 13.6. The van der Waals surface area contributed by atoms with E-state index in [9.17, 15) is 43.5 Å². The van der Waals surface area contributed by atoms with E-state index in [0.29, 0.717) is 136 Å². The van der Waals surface area contributed by atoms with Crippen molar-refractivity contribution in [3.8, 4) is 0 Å². The molecule has 10 aromatic rings. The standard InChI is InChI=1S/C29H32N2O2.C25H32N2O3.C20H24N2O.C18H25NO4.C9H9ClO.C7H9N.CH2Cl2/c32-27(17-16-24-10-4-1-5-11-24)31-20-18-29(19-21-31,22-25-12-6-2-7-13-25)28(33)30-23-26-14-8-3-9-15-26;1-24(2,3)30-23(29)27-16-14-25(15-17-27,18-20-10-6-4-7-11-20)22(28)26-19-21-12-8-5-9-13-21;23-19(22-16-18-9-5-2-6-10-18)20(11-13-21-14-12-20)15-17-7-3-1-4-8-17;1-17(2,3)23-16(22)19-11-9-18(10-12-19,15(20)21)13-14-7-5-4-6-8-14;10-9(11)7-6-8-4-2-1-3-5-8;8-6-7-4-2-1-3-5-7;2-1-3/h1-15H,16-23H2,(H,30,33);4-13H,14-19H2,1-3H3,(H,26,28);1-10,21H,11-16H2,(H,22,23);4-8H,9-13H2,1-3H3,(H,20,21);1-5H,6-7H2;1-5H,6,8H2;1H2. The Bertz CT molecular complexity index is 4980. The number of carbonyl (C=O) groups excluding carboxylic acids is 7. The number of nitrogens with two attached hydrogens (primary N) is 1. The van der Waals surface area contributed by atoms with Crippen LogP contribution in [0.3, 0.4) is 0 Å². The minimum Gasteiger partial charge on any atom is -0.481 e. The second kappa shape index (κ2) is 55.0. The molecule has 4 aliphatic rings. The van der Waals surface area contributed by atoms with E-state index in [1.807, 2.05) is 301 Å². The van der Waals surface area contributed by atoms with Crippen LogP contribution in [0.2, 0.25) is 0 Å². The monoisotopic (exact) mass is 1830 g/mol. The molecule has 0 bridgehead atoms. The van der Waals surface area contributed by atoms with Crippen molar-refractivity contribution in [2.75, 3.05) is 57.7 Å². The Balaban J connectivity index is 0.000000201. The summed E-state index contributed by atoms with van der Waals surface area (Å²) in [6, 6.07) is 100. The molecule has 6 amide bonds. The average Bonchev–Trinajstić information content (AvgIpc) is 0.809. The third kappa shape index (κ3) is 37.4. The number of halogens is 3. The first kappa shape index (κ1) is 105. The molecule has 696 valence electrons. The molecule has 4 aliphatic heterocycles. The van der Waals surface area contributed by atoms with Crippen molar-refractivity contribution in [2.24, 2.45) is 27.4 Å². The number of ether oxygens (including phenoxy) is 2. The van der Waals surface area contributed by atoms with Gasteiger partial charge in [-0.3, -0.25) is 28.8 Å². The van der Waals surface area contributed by atoms with Gasteiger partial charge in [-0.25, -0.2) is 9.59 Å². The smallest absolute Gasteiger partial charge is 0.410 e. The van der Waals surface area contributed by atoms with Crippen LogP contribution in [-0.4, -0.2) is 136 Å². The zero-order valence-corrected chi connectivity index (χ0v) is 79.2. The first-order valence-electron chi connectivity index (χ1n) is 45.5. The highest BCUT2D eigenvalue weighted by Crippen LogP contribution is 2.40. The van der Waals surface area contributed by atoms with Crippen molar-refractivity contribution >= 4 is 81.8 Å². The Kier molecular flexibility index (Phi) is 44.1. The van der Waals surface area contributed by atoms with Gasteiger partial charge in [0.1, 0.15) is 11.2 Å². The summed E-state index contributed by atoms with van der Waals surface area (Å²) in [5.74, 6) is -0.278. The summed E-state index contributed by atoms with van der Waals surface area (Å²) in [4.78, 5) is 105. The summed E-state index contributed by atoms with van der Waals surface area (Å²) in [7, 11) is 0. The highest BCUT2D eigenvalue weighted by atomic mass is 35.5. The zero-order valence-electron chi connectivity index (χ0n) is 77.0. The van der Waals surface area contributed by atoms with E-state index in [1.54, 1.807) is 9.80 Å². The van der Waals surface area contributed by atoms with Crippen LogP contribution < -0.4 is 27.0 Å². The van der Waals surface area contributed by atoms with Gasteiger partial charge < -0.3 is 56.3 Å². The van der Waals surface area contributed by atoms with Gasteiger partial charge in [0.2, 0.25) is 28.9 Å². The average molecular weight is 1840 g/mol. The minimum absolute atomic E-state index is 0.0547. The number of rotatable bonds is 25. The number of carboxylic acid groups (broad SMARTS) is 1. The number of alkyl halides is 2. The molecule has 4 saturated heterocycles. The lowest BCUT2D eigenvalue weighted by atomic mass is 9.72. The molecular weight excluding hydrogens is 1700 g/mol. The van der Waals surface area contributed by atoms with E-state index in [1.165, 1.54) is 16.7 Å². The number of hydrogen-bond acceptors (Lipinski definition) is 12. The summed E-state index contributed by atoms with van der Waals surface area (Å²) in [5, 5.41) is 22.5. The van der Waals surface area contributed by atoms with Crippen LogP contribution in [0.4, 0.5) is 9.59 Å². The minimum atomic E-state index is -0.806. The molecule has 10 aromatic carbocycles. The normalized spacial score (nSPS) is 15.0. The maximum atomic E-state index is 13.5. The van der Waals surface area contributed by atoms with Crippen molar-refractivity contribution in [1.29, 1.82) is 0 Å². The molecule has 0 radical (unpaired) electrons. The number of likely N-dealkylation sites (tertiary alicyclic amines) is 3. The molecule has 0 saturated carbocycles. The van der Waals surface area contributed by atoms with E-state index in [0.717, 1.165) is 84.1 Å². The van der Waals surface area contributed by atoms with Crippen molar-refractivity contribution < 1.29 is 52.9 Å². The molecule has 0 spiro atoms. The van der Waals surface area contributed by atoms with Crippen LogP contribution in [0.25, 0.3) is 0 Å². The Hall–Kier alpha value is -11.5. The number of hydrogen-bond donors (Lipinski definition) is 6. The number of nitrogens with zero attached hydrogens (tertiary/aromatic N) is 3. The van der Waals surface area contributed by atoms with Crippen LogP contribution in [0.15, 0.2) is 303 Å². The van der Waals surface area contributed by atoms with Crippen LogP contribution in [0.5, 0.6) is 0 Å². The van der Waals surface area contributed by atoms with Crippen LogP contribution in [-0.2, 0) is 103 Å². The third-order valence-corrected chi connectivity index (χ3v) is 23.9. The Morgan fingerprint density at radius 3 is 0.824 bits per heavy atom.